The van der Waals surface area contributed by atoms with Crippen LogP contribution in [0.1, 0.15) is 29.5 Å². The number of carbonyl (C=O) groups is 1. The van der Waals surface area contributed by atoms with Crippen molar-refractivity contribution in [1.82, 2.24) is 9.97 Å². The van der Waals surface area contributed by atoms with Crippen LogP contribution in [0.25, 0.3) is 0 Å². The van der Waals surface area contributed by atoms with Gasteiger partial charge in [0.15, 0.2) is 5.16 Å². The molecule has 0 aliphatic carbocycles. The Morgan fingerprint density at radius 2 is 1.81 bits per heavy atom. The highest BCUT2D eigenvalue weighted by molar-refractivity contribution is 7.98. The van der Waals surface area contributed by atoms with Crippen molar-refractivity contribution in [2.45, 2.75) is 23.8 Å². The first-order valence-electron chi connectivity index (χ1n) is 10.0. The monoisotopic (exact) mass is 449 g/mol. The molecular formula is C24H23N3O4S. The summed E-state index contributed by atoms with van der Waals surface area (Å²) in [6.07, 6.45) is 0. The summed E-state index contributed by atoms with van der Waals surface area (Å²) < 4.78 is 10.3. The van der Waals surface area contributed by atoms with Crippen LogP contribution >= 0.6 is 11.8 Å². The molecule has 3 aromatic rings. The second kappa shape index (κ2) is 9.32. The smallest absolute Gasteiger partial charge is 0.336 e. The predicted molar refractivity (Wildman–Crippen MR) is 124 cm³/mol. The Kier molecular flexibility index (Phi) is 6.32. The number of fused-ring (bicyclic) bond motifs is 1. The number of aromatic amines is 1. The number of hydrogen-bond acceptors (Lipinski definition) is 7. The van der Waals surface area contributed by atoms with Gasteiger partial charge in [-0.2, -0.15) is 0 Å². The molecule has 4 rings (SSSR count). The fourth-order valence-electron chi connectivity index (χ4n) is 3.74. The lowest BCUT2D eigenvalue weighted by Crippen LogP contribution is -2.31. The molecule has 0 unspecified atom stereocenters. The van der Waals surface area contributed by atoms with E-state index in [0.717, 1.165) is 11.1 Å². The van der Waals surface area contributed by atoms with Crippen LogP contribution in [0.5, 0.6) is 5.75 Å². The standard InChI is InChI=1S/C24H23N3O4S/c1-14-18(23(29)31-3)19(16-9-11-17(30-2)12-10-16)20-21(25-14)26-24(27-22(20)28)32-13-15-7-5-4-6-8-15/h4-12,19H,13H2,1-3H3,(H2,25,26,27,28)/t19-/m1/s1. The third kappa shape index (κ3) is 4.27. The Morgan fingerprint density at radius 1 is 1.09 bits per heavy atom. The maximum Gasteiger partial charge on any atom is 0.336 e. The molecule has 1 atom stereocenters. The van der Waals surface area contributed by atoms with Gasteiger partial charge in [-0.3, -0.25) is 4.79 Å². The summed E-state index contributed by atoms with van der Waals surface area (Å²) in [7, 11) is 2.91. The van der Waals surface area contributed by atoms with E-state index in [0.29, 0.717) is 39.3 Å². The molecule has 1 aliphatic rings. The second-order valence-electron chi connectivity index (χ2n) is 7.27. The predicted octanol–water partition coefficient (Wildman–Crippen LogP) is 4.08. The molecule has 0 spiro atoms. The normalized spacial score (nSPS) is 15.0. The molecule has 2 aromatic carbocycles. The van der Waals surface area contributed by atoms with Gasteiger partial charge < -0.3 is 19.8 Å². The minimum atomic E-state index is -0.617. The topological polar surface area (TPSA) is 93.3 Å². The molecule has 164 valence electrons. The van der Waals surface area contributed by atoms with Crippen molar-refractivity contribution in [2.24, 2.45) is 0 Å². The zero-order valence-corrected chi connectivity index (χ0v) is 18.8. The van der Waals surface area contributed by atoms with E-state index >= 15 is 0 Å². The third-order valence-corrected chi connectivity index (χ3v) is 6.24. The van der Waals surface area contributed by atoms with Gasteiger partial charge in [0.1, 0.15) is 11.6 Å². The molecule has 1 aromatic heterocycles. The van der Waals surface area contributed by atoms with E-state index in [2.05, 4.69) is 15.3 Å². The lowest BCUT2D eigenvalue weighted by molar-refractivity contribution is -0.136. The van der Waals surface area contributed by atoms with Crippen molar-refractivity contribution in [1.29, 1.82) is 0 Å². The number of nitrogens with zero attached hydrogens (tertiary/aromatic N) is 1. The summed E-state index contributed by atoms with van der Waals surface area (Å²) in [6.45, 7) is 1.78. The van der Waals surface area contributed by atoms with E-state index in [1.54, 1.807) is 26.2 Å². The summed E-state index contributed by atoms with van der Waals surface area (Å²) in [6, 6.07) is 17.2. The first-order chi connectivity index (χ1) is 15.5. The second-order valence-corrected chi connectivity index (χ2v) is 8.23. The van der Waals surface area contributed by atoms with Gasteiger partial charge in [0.2, 0.25) is 0 Å². The Hall–Kier alpha value is -3.52. The number of ether oxygens (including phenoxy) is 2. The molecule has 2 N–H and O–H groups in total. The number of allylic oxidation sites excluding steroid dienone is 1. The zero-order valence-electron chi connectivity index (χ0n) is 18.0. The summed E-state index contributed by atoms with van der Waals surface area (Å²) in [5, 5.41) is 3.64. The Bertz CT molecular complexity index is 1220. The highest BCUT2D eigenvalue weighted by atomic mass is 32.2. The first-order valence-corrected chi connectivity index (χ1v) is 11.0. The Balaban J connectivity index is 1.76. The zero-order chi connectivity index (χ0) is 22.7. The number of anilines is 1. The number of esters is 1. The largest absolute Gasteiger partial charge is 0.497 e. The Labute approximate surface area is 189 Å². The maximum atomic E-state index is 13.2. The minimum Gasteiger partial charge on any atom is -0.497 e. The minimum absolute atomic E-state index is 0.298. The van der Waals surface area contributed by atoms with E-state index in [4.69, 9.17) is 9.47 Å². The van der Waals surface area contributed by atoms with Crippen LogP contribution in [0.15, 0.2) is 75.8 Å². The summed E-state index contributed by atoms with van der Waals surface area (Å²) >= 11 is 1.44. The van der Waals surface area contributed by atoms with Gasteiger partial charge in [0.05, 0.1) is 31.3 Å². The van der Waals surface area contributed by atoms with E-state index in [9.17, 15) is 9.59 Å². The molecule has 0 amide bonds. The number of carbonyl (C=O) groups excluding carboxylic acids is 1. The molecule has 7 nitrogen and oxygen atoms in total. The summed E-state index contributed by atoms with van der Waals surface area (Å²) in [5.41, 5.74) is 2.96. The lowest BCUT2D eigenvalue weighted by Gasteiger charge is -2.28. The fourth-order valence-corrected chi connectivity index (χ4v) is 4.55. The highest BCUT2D eigenvalue weighted by Gasteiger charge is 2.36. The van der Waals surface area contributed by atoms with Crippen molar-refractivity contribution in [2.75, 3.05) is 19.5 Å². The summed E-state index contributed by atoms with van der Waals surface area (Å²) in [5.74, 6) is 0.683. The van der Waals surface area contributed by atoms with Crippen molar-refractivity contribution in [3.05, 3.63) is 92.9 Å². The molecule has 8 heteroatoms. The van der Waals surface area contributed by atoms with Gasteiger partial charge in [-0.05, 0) is 30.2 Å². The average Bonchev–Trinajstić information content (AvgIpc) is 2.82. The maximum absolute atomic E-state index is 13.2. The van der Waals surface area contributed by atoms with Crippen LogP contribution in [-0.2, 0) is 15.3 Å². The number of benzene rings is 2. The van der Waals surface area contributed by atoms with Crippen LogP contribution in [0.4, 0.5) is 5.82 Å². The van der Waals surface area contributed by atoms with Crippen LogP contribution < -0.4 is 15.6 Å². The molecule has 0 radical (unpaired) electrons. The number of H-pyrrole nitrogens is 1. The quantitative estimate of drug-likeness (QED) is 0.333. The average molecular weight is 450 g/mol. The van der Waals surface area contributed by atoms with Gasteiger partial charge >= 0.3 is 5.97 Å². The molecule has 2 heterocycles. The van der Waals surface area contributed by atoms with E-state index in [-0.39, 0.29) is 5.56 Å². The number of methoxy groups -OCH3 is 2. The van der Waals surface area contributed by atoms with Crippen molar-refractivity contribution in [3.8, 4) is 5.75 Å². The van der Waals surface area contributed by atoms with Crippen LogP contribution in [0.3, 0.4) is 0 Å². The molecule has 0 bridgehead atoms. The van der Waals surface area contributed by atoms with Crippen molar-refractivity contribution < 1.29 is 14.3 Å². The van der Waals surface area contributed by atoms with Crippen molar-refractivity contribution in [3.63, 3.8) is 0 Å². The lowest BCUT2D eigenvalue weighted by atomic mass is 9.82. The number of rotatable bonds is 6. The summed E-state index contributed by atoms with van der Waals surface area (Å²) in [4.78, 5) is 33.4. The molecular weight excluding hydrogens is 426 g/mol. The van der Waals surface area contributed by atoms with Crippen LogP contribution in [0, 0.1) is 0 Å². The first kappa shape index (κ1) is 21.7. The molecule has 0 saturated heterocycles. The number of hydrogen-bond donors (Lipinski definition) is 2. The number of aromatic nitrogens is 2. The van der Waals surface area contributed by atoms with Crippen LogP contribution in [-0.4, -0.2) is 30.2 Å². The molecule has 0 fully saturated rings. The van der Waals surface area contributed by atoms with Gasteiger partial charge in [-0.1, -0.05) is 54.2 Å². The van der Waals surface area contributed by atoms with E-state index < -0.39 is 11.9 Å². The molecule has 1 aliphatic heterocycles. The molecule has 32 heavy (non-hydrogen) atoms. The van der Waals surface area contributed by atoms with Crippen LogP contribution in [0.2, 0.25) is 0 Å². The van der Waals surface area contributed by atoms with Gasteiger partial charge in [0.25, 0.3) is 5.56 Å². The SMILES string of the molecule is COC(=O)C1=C(C)Nc2nc(SCc3ccccc3)[nH]c(=O)c2[C@@H]1c1ccc(OC)cc1. The van der Waals surface area contributed by atoms with Gasteiger partial charge in [-0.15, -0.1) is 0 Å². The highest BCUT2D eigenvalue weighted by Crippen LogP contribution is 2.40. The van der Waals surface area contributed by atoms with E-state index in [1.807, 2.05) is 42.5 Å². The third-order valence-electron chi connectivity index (χ3n) is 5.29. The number of nitrogens with one attached hydrogen (secondary N) is 2. The Morgan fingerprint density at radius 3 is 2.47 bits per heavy atom. The van der Waals surface area contributed by atoms with Gasteiger partial charge in [-0.25, -0.2) is 9.78 Å². The molecule has 0 saturated carbocycles. The van der Waals surface area contributed by atoms with Crippen molar-refractivity contribution >= 4 is 23.5 Å². The fraction of sp³-hybridized carbons (Fsp3) is 0.208. The number of thioether (sulfide) groups is 1. The van der Waals surface area contributed by atoms with Gasteiger partial charge in [0, 0.05) is 11.4 Å². The van der Waals surface area contributed by atoms with E-state index in [1.165, 1.54) is 18.9 Å².